The van der Waals surface area contributed by atoms with Crippen LogP contribution in [0.1, 0.15) is 13.8 Å². The summed E-state index contributed by atoms with van der Waals surface area (Å²) in [5.74, 6) is -1.37. The molecular formula is C15H20N2O5. The summed E-state index contributed by atoms with van der Waals surface area (Å²) in [6.07, 6.45) is 0. The smallest absolute Gasteiger partial charge is 0.312 e. The summed E-state index contributed by atoms with van der Waals surface area (Å²) in [7, 11) is 1.36. The Balaban J connectivity index is 3.18. The Morgan fingerprint density at radius 3 is 2.64 bits per heavy atom. The summed E-state index contributed by atoms with van der Waals surface area (Å²) in [6.45, 7) is 7.87. The first kappa shape index (κ1) is 17.5. The van der Waals surface area contributed by atoms with E-state index in [1.165, 1.54) is 19.2 Å². The summed E-state index contributed by atoms with van der Waals surface area (Å²) < 4.78 is 4.97. The topological polar surface area (TPSA) is 92.9 Å². The van der Waals surface area contributed by atoms with Crippen molar-refractivity contribution in [3.8, 4) is 5.75 Å². The standard InChI is InChI=1S/C15H20N2O5/c1-10(2)8-16(9-11(3)15(18)19)12-5-6-14(22-4)13(7-12)17(20)21/h5-7,11H,1,8-9H2,2-4H3,(H,18,19). The lowest BCUT2D eigenvalue weighted by Crippen LogP contribution is -2.33. The molecule has 1 aromatic rings. The fourth-order valence-electron chi connectivity index (χ4n) is 2.01. The van der Waals surface area contributed by atoms with E-state index in [-0.39, 0.29) is 18.0 Å². The maximum absolute atomic E-state index is 11.1. The number of nitro groups is 1. The normalized spacial score (nSPS) is 11.6. The molecular weight excluding hydrogens is 288 g/mol. The molecule has 0 aliphatic rings. The number of benzene rings is 1. The lowest BCUT2D eigenvalue weighted by atomic mass is 10.1. The number of nitro benzene ring substituents is 1. The van der Waals surface area contributed by atoms with Crippen molar-refractivity contribution in [3.05, 3.63) is 40.5 Å². The van der Waals surface area contributed by atoms with E-state index in [0.717, 1.165) is 5.57 Å². The number of nitrogens with zero attached hydrogens (tertiary/aromatic N) is 2. The first-order chi connectivity index (χ1) is 10.3. The third-order valence-corrected chi connectivity index (χ3v) is 3.10. The zero-order chi connectivity index (χ0) is 16.9. The van der Waals surface area contributed by atoms with Crippen LogP contribution in [0, 0.1) is 16.0 Å². The van der Waals surface area contributed by atoms with Gasteiger partial charge in [-0.1, -0.05) is 19.1 Å². The number of rotatable bonds is 8. The molecule has 0 aromatic heterocycles. The summed E-state index contributed by atoms with van der Waals surface area (Å²) in [5.41, 5.74) is 1.23. The number of anilines is 1. The van der Waals surface area contributed by atoms with Crippen LogP contribution < -0.4 is 9.64 Å². The Kier molecular flexibility index (Phi) is 5.91. The van der Waals surface area contributed by atoms with Gasteiger partial charge in [-0.3, -0.25) is 14.9 Å². The van der Waals surface area contributed by atoms with Gasteiger partial charge in [0.2, 0.25) is 0 Å². The van der Waals surface area contributed by atoms with E-state index in [9.17, 15) is 14.9 Å². The minimum atomic E-state index is -0.922. The van der Waals surface area contributed by atoms with E-state index >= 15 is 0 Å². The van der Waals surface area contributed by atoms with Gasteiger partial charge in [0.05, 0.1) is 18.0 Å². The van der Waals surface area contributed by atoms with Gasteiger partial charge in [-0.2, -0.15) is 0 Å². The molecule has 7 heteroatoms. The summed E-state index contributed by atoms with van der Waals surface area (Å²) >= 11 is 0. The van der Waals surface area contributed by atoms with Crippen LogP contribution in [0.5, 0.6) is 5.75 Å². The largest absolute Gasteiger partial charge is 0.490 e. The van der Waals surface area contributed by atoms with Crippen molar-refractivity contribution < 1.29 is 19.6 Å². The molecule has 7 nitrogen and oxygen atoms in total. The van der Waals surface area contributed by atoms with Crippen molar-refractivity contribution in [1.29, 1.82) is 0 Å². The van der Waals surface area contributed by atoms with Gasteiger partial charge >= 0.3 is 11.7 Å². The molecule has 0 bridgehead atoms. The second kappa shape index (κ2) is 7.44. The predicted octanol–water partition coefficient (Wildman–Crippen LogP) is 2.71. The number of carbonyl (C=O) groups is 1. The van der Waals surface area contributed by atoms with Gasteiger partial charge in [0.25, 0.3) is 0 Å². The van der Waals surface area contributed by atoms with Crippen LogP contribution in [0.2, 0.25) is 0 Å². The molecule has 22 heavy (non-hydrogen) atoms. The van der Waals surface area contributed by atoms with Crippen molar-refractivity contribution in [2.45, 2.75) is 13.8 Å². The fourth-order valence-corrected chi connectivity index (χ4v) is 2.01. The summed E-state index contributed by atoms with van der Waals surface area (Å²) in [6, 6.07) is 4.56. The number of hydrogen-bond acceptors (Lipinski definition) is 5. The number of hydrogen-bond donors (Lipinski definition) is 1. The Labute approximate surface area is 129 Å². The van der Waals surface area contributed by atoms with Gasteiger partial charge < -0.3 is 14.7 Å². The molecule has 0 saturated carbocycles. The van der Waals surface area contributed by atoms with E-state index in [2.05, 4.69) is 6.58 Å². The van der Waals surface area contributed by atoms with E-state index < -0.39 is 16.8 Å². The van der Waals surface area contributed by atoms with Crippen LogP contribution in [0.3, 0.4) is 0 Å². The van der Waals surface area contributed by atoms with E-state index in [1.54, 1.807) is 17.9 Å². The van der Waals surface area contributed by atoms with Crippen LogP contribution in [0.4, 0.5) is 11.4 Å². The highest BCUT2D eigenvalue weighted by molar-refractivity contribution is 5.71. The average molecular weight is 308 g/mol. The Bertz CT molecular complexity index is 585. The zero-order valence-corrected chi connectivity index (χ0v) is 12.9. The summed E-state index contributed by atoms with van der Waals surface area (Å²) in [4.78, 5) is 23.4. The molecule has 120 valence electrons. The van der Waals surface area contributed by atoms with Crippen molar-refractivity contribution in [1.82, 2.24) is 0 Å². The second-order valence-corrected chi connectivity index (χ2v) is 5.19. The molecule has 0 aliphatic heterocycles. The molecule has 0 amide bonds. The number of ether oxygens (including phenoxy) is 1. The molecule has 1 N–H and O–H groups in total. The monoisotopic (exact) mass is 308 g/mol. The van der Waals surface area contributed by atoms with Crippen molar-refractivity contribution in [2.75, 3.05) is 25.1 Å². The maximum Gasteiger partial charge on any atom is 0.312 e. The highest BCUT2D eigenvalue weighted by atomic mass is 16.6. The molecule has 1 aromatic carbocycles. The molecule has 0 spiro atoms. The molecule has 1 atom stereocenters. The number of carboxylic acid groups (broad SMARTS) is 1. The van der Waals surface area contributed by atoms with Gasteiger partial charge in [-0.15, -0.1) is 0 Å². The van der Waals surface area contributed by atoms with Crippen molar-refractivity contribution in [3.63, 3.8) is 0 Å². The highest BCUT2D eigenvalue weighted by Crippen LogP contribution is 2.31. The minimum absolute atomic E-state index is 0.158. The van der Waals surface area contributed by atoms with Gasteiger partial charge in [0.15, 0.2) is 5.75 Å². The average Bonchev–Trinajstić information content (AvgIpc) is 2.45. The van der Waals surface area contributed by atoms with Gasteiger partial charge in [-0.25, -0.2) is 0 Å². The first-order valence-electron chi connectivity index (χ1n) is 6.70. The van der Waals surface area contributed by atoms with Crippen LogP contribution >= 0.6 is 0 Å². The van der Waals surface area contributed by atoms with Crippen molar-refractivity contribution >= 4 is 17.3 Å². The number of carboxylic acids is 1. The second-order valence-electron chi connectivity index (χ2n) is 5.19. The molecule has 1 rings (SSSR count). The van der Waals surface area contributed by atoms with E-state index in [1.807, 2.05) is 6.92 Å². The zero-order valence-electron chi connectivity index (χ0n) is 12.9. The number of methoxy groups -OCH3 is 1. The lowest BCUT2D eigenvalue weighted by Gasteiger charge is -2.26. The van der Waals surface area contributed by atoms with E-state index in [0.29, 0.717) is 12.2 Å². The van der Waals surface area contributed by atoms with Gasteiger partial charge in [0.1, 0.15) is 0 Å². The predicted molar refractivity (Wildman–Crippen MR) is 83.5 cm³/mol. The number of aliphatic carboxylic acids is 1. The van der Waals surface area contributed by atoms with Crippen molar-refractivity contribution in [2.24, 2.45) is 5.92 Å². The first-order valence-corrected chi connectivity index (χ1v) is 6.70. The molecule has 0 saturated heterocycles. The van der Waals surface area contributed by atoms with Crippen LogP contribution in [-0.4, -0.2) is 36.2 Å². The lowest BCUT2D eigenvalue weighted by molar-refractivity contribution is -0.385. The molecule has 0 heterocycles. The summed E-state index contributed by atoms with van der Waals surface area (Å²) in [5, 5.41) is 20.2. The van der Waals surface area contributed by atoms with Crippen LogP contribution in [0.15, 0.2) is 30.4 Å². The molecule has 0 aliphatic carbocycles. The van der Waals surface area contributed by atoms with Gasteiger partial charge in [0, 0.05) is 24.8 Å². The quantitative estimate of drug-likeness (QED) is 0.451. The third-order valence-electron chi connectivity index (χ3n) is 3.10. The minimum Gasteiger partial charge on any atom is -0.490 e. The Morgan fingerprint density at radius 2 is 2.18 bits per heavy atom. The molecule has 0 fully saturated rings. The van der Waals surface area contributed by atoms with E-state index in [4.69, 9.17) is 9.84 Å². The fraction of sp³-hybridized carbons (Fsp3) is 0.400. The van der Waals surface area contributed by atoms with Crippen LogP contribution in [0.25, 0.3) is 0 Å². The third kappa shape index (κ3) is 4.47. The SMILES string of the molecule is C=C(C)CN(CC(C)C(=O)O)c1ccc(OC)c([N+](=O)[O-])c1. The highest BCUT2D eigenvalue weighted by Gasteiger charge is 2.21. The van der Waals surface area contributed by atoms with Gasteiger partial charge in [-0.05, 0) is 19.1 Å². The Morgan fingerprint density at radius 1 is 1.55 bits per heavy atom. The Hall–Kier alpha value is -2.57. The molecule has 0 radical (unpaired) electrons. The van der Waals surface area contributed by atoms with Crippen LogP contribution in [-0.2, 0) is 4.79 Å². The maximum atomic E-state index is 11.1. The molecule has 1 unspecified atom stereocenters.